The number of anilines is 1. The molecule has 3 heterocycles. The molecule has 1 atom stereocenters. The third kappa shape index (κ3) is 3.63. The van der Waals surface area contributed by atoms with Crippen molar-refractivity contribution >= 4 is 28.9 Å². The van der Waals surface area contributed by atoms with Gasteiger partial charge in [0, 0.05) is 16.7 Å². The number of fused-ring (bicyclic) bond motifs is 1. The van der Waals surface area contributed by atoms with Gasteiger partial charge >= 0.3 is 17.8 Å². The molecule has 2 aliphatic rings. The van der Waals surface area contributed by atoms with Crippen LogP contribution in [0.1, 0.15) is 23.7 Å². The van der Waals surface area contributed by atoms with Crippen molar-refractivity contribution in [3.8, 4) is 0 Å². The first-order chi connectivity index (χ1) is 14.2. The van der Waals surface area contributed by atoms with Gasteiger partial charge in [0.25, 0.3) is 6.17 Å². The molecule has 30 heavy (non-hydrogen) atoms. The standard InChI is InChI=1S/C20H15F3N6O/c1-11-7-9-16(27-26-11)25-19(30)18-12(2)24-17-10-8-15(28-29(17)18)13-5-3-4-6-14(13)20(21,22)23/h3-10,17H,1-2H3/p+1. The first-order valence-electron chi connectivity index (χ1n) is 9.00. The Hall–Kier alpha value is -3.69. The minimum Gasteiger partial charge on any atom is -0.300 e. The molecule has 1 aromatic heterocycles. The number of rotatable bonds is 3. The quantitative estimate of drug-likeness (QED) is 0.786. The fourth-order valence-corrected chi connectivity index (χ4v) is 3.18. The highest BCUT2D eigenvalue weighted by molar-refractivity contribution is 6.67. The van der Waals surface area contributed by atoms with Crippen LogP contribution in [-0.2, 0) is 11.0 Å². The molecule has 0 radical (unpaired) electrons. The highest BCUT2D eigenvalue weighted by Gasteiger charge is 2.41. The van der Waals surface area contributed by atoms with Crippen LogP contribution in [0.25, 0.3) is 0 Å². The van der Waals surface area contributed by atoms with Gasteiger partial charge in [-0.25, -0.2) is 4.99 Å². The number of hydrazone groups is 1. The first-order valence-corrected chi connectivity index (χ1v) is 9.00. The summed E-state index contributed by atoms with van der Waals surface area (Å²) < 4.78 is 41.5. The third-order valence-electron chi connectivity index (χ3n) is 4.55. The van der Waals surface area contributed by atoms with Gasteiger partial charge in [-0.15, -0.1) is 5.10 Å². The highest BCUT2D eigenvalue weighted by atomic mass is 19.4. The molecular weight excluding hydrogens is 397 g/mol. The predicted octanol–water partition coefficient (Wildman–Crippen LogP) is 2.97. The summed E-state index contributed by atoms with van der Waals surface area (Å²) in [6.45, 7) is 3.40. The average Bonchev–Trinajstić information content (AvgIpc) is 3.04. The molecule has 152 valence electrons. The minimum atomic E-state index is -4.53. The lowest BCUT2D eigenvalue weighted by molar-refractivity contribution is -0.553. The summed E-state index contributed by atoms with van der Waals surface area (Å²) in [7, 11) is 0. The number of benzene rings is 1. The lowest BCUT2D eigenvalue weighted by atomic mass is 10.0. The lowest BCUT2D eigenvalue weighted by Crippen LogP contribution is -2.35. The number of hydrogen-bond donors (Lipinski definition) is 1. The van der Waals surface area contributed by atoms with Gasteiger partial charge in [0.2, 0.25) is 0 Å². The largest absolute Gasteiger partial charge is 0.417 e. The molecule has 0 saturated heterocycles. The predicted molar refractivity (Wildman–Crippen MR) is 105 cm³/mol. The van der Waals surface area contributed by atoms with Crippen LogP contribution < -0.4 is 5.32 Å². The molecule has 0 spiro atoms. The molecule has 0 saturated carbocycles. The molecule has 1 N–H and O–H groups in total. The van der Waals surface area contributed by atoms with Crippen LogP contribution in [0.4, 0.5) is 19.0 Å². The van der Waals surface area contributed by atoms with Crippen LogP contribution in [0.2, 0.25) is 0 Å². The van der Waals surface area contributed by atoms with E-state index >= 15 is 0 Å². The van der Waals surface area contributed by atoms with E-state index in [0.29, 0.717) is 11.4 Å². The number of aliphatic imine (C=N–C) groups is 1. The van der Waals surface area contributed by atoms with E-state index in [9.17, 15) is 18.0 Å². The number of nitrogens with zero attached hydrogens (tertiary/aromatic N) is 5. The average molecular weight is 413 g/mol. The van der Waals surface area contributed by atoms with Gasteiger partial charge in [-0.1, -0.05) is 18.2 Å². The lowest BCUT2D eigenvalue weighted by Gasteiger charge is -2.13. The zero-order valence-electron chi connectivity index (χ0n) is 16.0. The third-order valence-corrected chi connectivity index (χ3v) is 4.55. The van der Waals surface area contributed by atoms with Crippen molar-refractivity contribution in [3.63, 3.8) is 0 Å². The van der Waals surface area contributed by atoms with E-state index in [4.69, 9.17) is 0 Å². The number of allylic oxidation sites excluding steroid dienone is 1. The Labute approximate surface area is 169 Å². The Bertz CT molecular complexity index is 1150. The number of carbonyl (C=O) groups excluding carboxylic acids is 1. The molecule has 1 aromatic carbocycles. The minimum absolute atomic E-state index is 0.0755. The molecule has 1 amide bonds. The van der Waals surface area contributed by atoms with Crippen molar-refractivity contribution in [1.82, 2.24) is 10.2 Å². The van der Waals surface area contributed by atoms with Crippen LogP contribution in [0.3, 0.4) is 0 Å². The second-order valence-electron chi connectivity index (χ2n) is 6.72. The number of nitrogens with one attached hydrogen (secondary N) is 1. The number of amides is 1. The number of carbonyl (C=O) groups is 1. The fourth-order valence-electron chi connectivity index (χ4n) is 3.18. The van der Waals surface area contributed by atoms with Crippen LogP contribution in [-0.4, -0.2) is 44.1 Å². The van der Waals surface area contributed by atoms with E-state index in [1.807, 2.05) is 0 Å². The van der Waals surface area contributed by atoms with Crippen LogP contribution in [0.15, 0.2) is 58.6 Å². The second kappa shape index (κ2) is 7.29. The number of aryl methyl sites for hydroxylation is 1. The molecule has 2 aromatic rings. The fraction of sp³-hybridized carbons (Fsp3) is 0.200. The molecular formula is C20H16F3N6O+. The summed E-state index contributed by atoms with van der Waals surface area (Å²) in [5, 5.41) is 14.7. The summed E-state index contributed by atoms with van der Waals surface area (Å²) in [6, 6.07) is 8.46. The summed E-state index contributed by atoms with van der Waals surface area (Å²) in [5.74, 6) is -0.284. The van der Waals surface area contributed by atoms with Crippen LogP contribution in [0, 0.1) is 6.92 Å². The number of alkyl halides is 3. The van der Waals surface area contributed by atoms with Gasteiger partial charge < -0.3 is 0 Å². The van der Waals surface area contributed by atoms with E-state index in [1.54, 1.807) is 32.1 Å². The van der Waals surface area contributed by atoms with Gasteiger partial charge in [0.05, 0.1) is 11.3 Å². The maximum Gasteiger partial charge on any atom is 0.417 e. The van der Waals surface area contributed by atoms with Gasteiger partial charge in [-0.2, -0.15) is 18.3 Å². The molecule has 2 aliphatic heterocycles. The van der Waals surface area contributed by atoms with E-state index in [1.165, 1.54) is 29.0 Å². The zero-order chi connectivity index (χ0) is 21.5. The Morgan fingerprint density at radius 2 is 1.87 bits per heavy atom. The smallest absolute Gasteiger partial charge is 0.300 e. The summed E-state index contributed by atoms with van der Waals surface area (Å²) in [6.07, 6.45) is -2.05. The van der Waals surface area contributed by atoms with E-state index < -0.39 is 23.8 Å². The van der Waals surface area contributed by atoms with Crippen molar-refractivity contribution in [2.75, 3.05) is 5.32 Å². The number of hydrogen-bond acceptors (Lipinski definition) is 5. The molecule has 10 heteroatoms. The number of aromatic nitrogens is 2. The SMILES string of the molecule is CC1=NC2C=CC(c3ccccc3C(F)(F)F)=N[N+]2=C1C(=O)Nc1ccc(C)nn1. The van der Waals surface area contributed by atoms with Crippen molar-refractivity contribution in [3.05, 3.63) is 65.4 Å². The van der Waals surface area contributed by atoms with Crippen LogP contribution in [0.5, 0.6) is 0 Å². The van der Waals surface area contributed by atoms with Gasteiger partial charge in [-0.3, -0.25) is 10.1 Å². The molecule has 7 nitrogen and oxygen atoms in total. The normalized spacial score (nSPS) is 18.1. The maximum atomic E-state index is 13.4. The second-order valence-corrected chi connectivity index (χ2v) is 6.72. The van der Waals surface area contributed by atoms with E-state index in [-0.39, 0.29) is 22.8 Å². The van der Waals surface area contributed by atoms with Crippen molar-refractivity contribution < 1.29 is 22.7 Å². The topological polar surface area (TPSA) is 82.6 Å². The molecule has 0 bridgehead atoms. The maximum absolute atomic E-state index is 13.4. The van der Waals surface area contributed by atoms with Gasteiger partial charge in [0.15, 0.2) is 5.82 Å². The van der Waals surface area contributed by atoms with Gasteiger partial charge in [-0.05, 0) is 42.8 Å². The van der Waals surface area contributed by atoms with Crippen molar-refractivity contribution in [1.29, 1.82) is 0 Å². The Morgan fingerprint density at radius 3 is 2.57 bits per heavy atom. The molecule has 0 fully saturated rings. The molecule has 1 unspecified atom stereocenters. The van der Waals surface area contributed by atoms with Gasteiger partial charge in [0.1, 0.15) is 11.4 Å². The van der Waals surface area contributed by atoms with E-state index in [2.05, 4.69) is 25.6 Å². The Balaban J connectivity index is 1.73. The summed E-state index contributed by atoms with van der Waals surface area (Å²) >= 11 is 0. The zero-order valence-corrected chi connectivity index (χ0v) is 16.0. The first kappa shape index (κ1) is 19.6. The van der Waals surface area contributed by atoms with Crippen LogP contribution >= 0.6 is 0 Å². The highest BCUT2D eigenvalue weighted by Crippen LogP contribution is 2.33. The van der Waals surface area contributed by atoms with Crippen molar-refractivity contribution in [2.24, 2.45) is 10.1 Å². The summed E-state index contributed by atoms with van der Waals surface area (Å²) in [4.78, 5) is 17.2. The molecule has 0 aliphatic carbocycles. The Kier molecular flexibility index (Phi) is 4.76. The summed E-state index contributed by atoms with van der Waals surface area (Å²) in [5.41, 5.74) is 0.450. The van der Waals surface area contributed by atoms with Crippen molar-refractivity contribution in [2.45, 2.75) is 26.2 Å². The number of halogens is 3. The monoisotopic (exact) mass is 413 g/mol. The van der Waals surface area contributed by atoms with E-state index in [0.717, 1.165) is 6.07 Å². The Morgan fingerprint density at radius 1 is 1.10 bits per heavy atom. The molecule has 4 rings (SSSR count).